The number of hydrogen-bond acceptors (Lipinski definition) is 2. The normalized spacial score (nSPS) is 13.6. The van der Waals surface area contributed by atoms with E-state index in [9.17, 15) is 9.59 Å². The van der Waals surface area contributed by atoms with Crippen molar-refractivity contribution in [3.63, 3.8) is 0 Å². The average molecular weight is 277 g/mol. The van der Waals surface area contributed by atoms with Crippen LogP contribution in [0.1, 0.15) is 37.8 Å². The smallest absolute Gasteiger partial charge is 0.326 e. The Morgan fingerprint density at radius 3 is 2.35 bits per heavy atom. The van der Waals surface area contributed by atoms with Gasteiger partial charge in [-0.3, -0.25) is 4.79 Å². The summed E-state index contributed by atoms with van der Waals surface area (Å²) < 4.78 is 0. The molecule has 0 aliphatic rings. The Balaban J connectivity index is 2.49. The number of nitrogens with one attached hydrogen (secondary N) is 1. The van der Waals surface area contributed by atoms with Gasteiger partial charge in [-0.25, -0.2) is 4.79 Å². The van der Waals surface area contributed by atoms with Crippen molar-refractivity contribution in [2.24, 2.45) is 5.92 Å². The molecule has 4 nitrogen and oxygen atoms in total. The summed E-state index contributed by atoms with van der Waals surface area (Å²) in [6.07, 6.45) is 1.65. The summed E-state index contributed by atoms with van der Waals surface area (Å²) in [6.45, 7) is 5.76. The minimum Gasteiger partial charge on any atom is -0.480 e. The zero-order chi connectivity index (χ0) is 15.1. The number of benzene rings is 1. The third kappa shape index (κ3) is 5.03. The van der Waals surface area contributed by atoms with Crippen molar-refractivity contribution in [2.75, 3.05) is 0 Å². The Labute approximate surface area is 120 Å². The van der Waals surface area contributed by atoms with E-state index in [4.69, 9.17) is 5.11 Å². The van der Waals surface area contributed by atoms with Crippen LogP contribution in [0.2, 0.25) is 0 Å². The van der Waals surface area contributed by atoms with Crippen LogP contribution in [0.4, 0.5) is 0 Å². The lowest BCUT2D eigenvalue weighted by atomic mass is 9.99. The van der Waals surface area contributed by atoms with Crippen LogP contribution in [-0.4, -0.2) is 23.0 Å². The maximum absolute atomic E-state index is 11.8. The number of carboxylic acids is 1. The second-order valence-electron chi connectivity index (χ2n) is 5.25. The molecule has 0 radical (unpaired) electrons. The lowest BCUT2D eigenvalue weighted by Gasteiger charge is -2.20. The number of rotatable bonds is 7. The number of hydrogen-bond donors (Lipinski definition) is 2. The molecule has 0 bridgehead atoms. The molecule has 1 amide bonds. The van der Waals surface area contributed by atoms with Crippen molar-refractivity contribution < 1.29 is 14.7 Å². The molecule has 0 saturated carbocycles. The predicted molar refractivity (Wildman–Crippen MR) is 78.5 cm³/mol. The van der Waals surface area contributed by atoms with Crippen molar-refractivity contribution in [3.8, 4) is 0 Å². The van der Waals surface area contributed by atoms with E-state index >= 15 is 0 Å². The maximum Gasteiger partial charge on any atom is 0.326 e. The van der Waals surface area contributed by atoms with Gasteiger partial charge in [0, 0.05) is 6.42 Å². The number of carboxylic acid groups (broad SMARTS) is 1. The van der Waals surface area contributed by atoms with Gasteiger partial charge < -0.3 is 10.4 Å². The highest BCUT2D eigenvalue weighted by atomic mass is 16.4. The number of carbonyl (C=O) groups is 2. The SMILES string of the molecule is CCC(C)[C@H](NC(=O)CCc1ccc(C)cc1)C(=O)O. The predicted octanol–water partition coefficient (Wildman–Crippen LogP) is 2.54. The fourth-order valence-electron chi connectivity index (χ4n) is 1.94. The van der Waals surface area contributed by atoms with Crippen LogP contribution in [0, 0.1) is 12.8 Å². The Morgan fingerprint density at radius 2 is 1.85 bits per heavy atom. The summed E-state index contributed by atoms with van der Waals surface area (Å²) in [5, 5.41) is 11.7. The first-order valence-electron chi connectivity index (χ1n) is 7.01. The van der Waals surface area contributed by atoms with E-state index in [-0.39, 0.29) is 11.8 Å². The van der Waals surface area contributed by atoms with Crippen molar-refractivity contribution in [1.29, 1.82) is 0 Å². The molecule has 0 fully saturated rings. The third-order valence-corrected chi connectivity index (χ3v) is 3.56. The number of carbonyl (C=O) groups excluding carboxylic acids is 1. The highest BCUT2D eigenvalue weighted by Gasteiger charge is 2.24. The minimum atomic E-state index is -0.969. The van der Waals surface area contributed by atoms with Gasteiger partial charge in [0.1, 0.15) is 6.04 Å². The zero-order valence-electron chi connectivity index (χ0n) is 12.3. The third-order valence-electron chi connectivity index (χ3n) is 3.56. The molecule has 1 rings (SSSR count). The fraction of sp³-hybridized carbons (Fsp3) is 0.500. The summed E-state index contributed by atoms with van der Waals surface area (Å²) in [7, 11) is 0. The van der Waals surface area contributed by atoms with Crippen molar-refractivity contribution in [3.05, 3.63) is 35.4 Å². The Hall–Kier alpha value is -1.84. The summed E-state index contributed by atoms with van der Waals surface area (Å²) in [5.74, 6) is -1.25. The highest BCUT2D eigenvalue weighted by Crippen LogP contribution is 2.09. The minimum absolute atomic E-state index is 0.0733. The average Bonchev–Trinajstić information content (AvgIpc) is 2.43. The Kier molecular flexibility index (Phi) is 6.22. The van der Waals surface area contributed by atoms with Crippen LogP contribution in [0.5, 0.6) is 0 Å². The van der Waals surface area contributed by atoms with Crippen LogP contribution >= 0.6 is 0 Å². The van der Waals surface area contributed by atoms with Gasteiger partial charge in [-0.1, -0.05) is 50.1 Å². The van der Waals surface area contributed by atoms with Gasteiger partial charge in [0.25, 0.3) is 0 Å². The van der Waals surface area contributed by atoms with E-state index in [0.717, 1.165) is 12.0 Å². The van der Waals surface area contributed by atoms with E-state index in [1.54, 1.807) is 0 Å². The van der Waals surface area contributed by atoms with Gasteiger partial charge in [0.15, 0.2) is 0 Å². The number of aliphatic carboxylic acids is 1. The van der Waals surface area contributed by atoms with Gasteiger partial charge in [-0.15, -0.1) is 0 Å². The molecule has 0 spiro atoms. The molecule has 20 heavy (non-hydrogen) atoms. The lowest BCUT2D eigenvalue weighted by molar-refractivity contribution is -0.143. The molecule has 2 atom stereocenters. The van der Waals surface area contributed by atoms with Gasteiger partial charge in [-0.05, 0) is 24.8 Å². The first-order chi connectivity index (χ1) is 9.43. The zero-order valence-corrected chi connectivity index (χ0v) is 12.3. The number of aryl methyl sites for hydroxylation is 2. The van der Waals surface area contributed by atoms with Crippen LogP contribution in [-0.2, 0) is 16.0 Å². The molecule has 0 aliphatic carbocycles. The summed E-state index contributed by atoms with van der Waals surface area (Å²) in [4.78, 5) is 23.0. The second kappa shape index (κ2) is 7.68. The standard InChI is InChI=1S/C16H23NO3/c1-4-12(3)15(16(19)20)17-14(18)10-9-13-7-5-11(2)6-8-13/h5-8,12,15H,4,9-10H2,1-3H3,(H,17,18)(H,19,20)/t12?,15-/m0/s1. The topological polar surface area (TPSA) is 66.4 Å². The lowest BCUT2D eigenvalue weighted by Crippen LogP contribution is -2.45. The van der Waals surface area contributed by atoms with Crippen molar-refractivity contribution >= 4 is 11.9 Å². The number of amides is 1. The molecule has 0 saturated heterocycles. The fourth-order valence-corrected chi connectivity index (χ4v) is 1.94. The van der Waals surface area contributed by atoms with Crippen LogP contribution in [0.15, 0.2) is 24.3 Å². The van der Waals surface area contributed by atoms with Gasteiger partial charge in [-0.2, -0.15) is 0 Å². The van der Waals surface area contributed by atoms with Gasteiger partial charge >= 0.3 is 5.97 Å². The summed E-state index contributed by atoms with van der Waals surface area (Å²) in [6, 6.07) is 7.20. The monoisotopic (exact) mass is 277 g/mol. The van der Waals surface area contributed by atoms with E-state index in [2.05, 4.69) is 5.32 Å². The van der Waals surface area contributed by atoms with E-state index in [1.165, 1.54) is 5.56 Å². The summed E-state index contributed by atoms with van der Waals surface area (Å²) >= 11 is 0. The van der Waals surface area contributed by atoms with Crippen molar-refractivity contribution in [1.82, 2.24) is 5.32 Å². The largest absolute Gasteiger partial charge is 0.480 e. The molecule has 0 heterocycles. The van der Waals surface area contributed by atoms with Crippen LogP contribution in [0.25, 0.3) is 0 Å². The van der Waals surface area contributed by atoms with E-state index in [1.807, 2.05) is 45.0 Å². The molecule has 0 aromatic heterocycles. The molecule has 4 heteroatoms. The molecule has 0 aliphatic heterocycles. The molecular weight excluding hydrogens is 254 g/mol. The molecule has 1 aromatic rings. The first kappa shape index (κ1) is 16.2. The molecular formula is C16H23NO3. The maximum atomic E-state index is 11.8. The quantitative estimate of drug-likeness (QED) is 0.805. The molecule has 110 valence electrons. The van der Waals surface area contributed by atoms with E-state index in [0.29, 0.717) is 12.8 Å². The first-order valence-corrected chi connectivity index (χ1v) is 7.01. The molecule has 2 N–H and O–H groups in total. The van der Waals surface area contributed by atoms with Gasteiger partial charge in [0.2, 0.25) is 5.91 Å². The molecule has 1 aromatic carbocycles. The van der Waals surface area contributed by atoms with Crippen molar-refractivity contribution in [2.45, 2.75) is 46.1 Å². The highest BCUT2D eigenvalue weighted by molar-refractivity contribution is 5.83. The second-order valence-corrected chi connectivity index (χ2v) is 5.25. The van der Waals surface area contributed by atoms with Crippen LogP contribution in [0.3, 0.4) is 0 Å². The van der Waals surface area contributed by atoms with E-state index < -0.39 is 12.0 Å². The Morgan fingerprint density at radius 1 is 1.25 bits per heavy atom. The van der Waals surface area contributed by atoms with Crippen LogP contribution < -0.4 is 5.32 Å². The summed E-state index contributed by atoms with van der Waals surface area (Å²) in [5.41, 5.74) is 2.27. The molecule has 1 unspecified atom stereocenters. The van der Waals surface area contributed by atoms with Gasteiger partial charge in [0.05, 0.1) is 0 Å². The Bertz CT molecular complexity index is 453.